The predicted molar refractivity (Wildman–Crippen MR) is 75.2 cm³/mol. The summed E-state index contributed by atoms with van der Waals surface area (Å²) in [6.07, 6.45) is 1.67. The zero-order valence-corrected chi connectivity index (χ0v) is 11.5. The largest absolute Gasteiger partial charge is 0.409 e. The van der Waals surface area contributed by atoms with E-state index < -0.39 is 0 Å². The molecule has 0 saturated heterocycles. The highest BCUT2D eigenvalue weighted by atomic mass is 16.4. The molecule has 0 aliphatic rings. The Hall–Kier alpha value is -2.41. The number of aryl methyl sites for hydroxylation is 2. The van der Waals surface area contributed by atoms with Crippen molar-refractivity contribution < 1.29 is 5.21 Å². The number of rotatable bonds is 5. The minimum absolute atomic E-state index is 0.117. The van der Waals surface area contributed by atoms with Crippen LogP contribution in [-0.2, 0) is 20.1 Å². The second-order valence-electron chi connectivity index (χ2n) is 4.59. The smallest absolute Gasteiger partial charge is 0.170 e. The average Bonchev–Trinajstić information content (AvgIpc) is 2.85. The van der Waals surface area contributed by atoms with E-state index in [4.69, 9.17) is 10.9 Å². The van der Waals surface area contributed by atoms with E-state index in [-0.39, 0.29) is 5.84 Å². The van der Waals surface area contributed by atoms with E-state index >= 15 is 0 Å². The molecule has 0 bridgehead atoms. The van der Waals surface area contributed by atoms with Crippen LogP contribution in [0, 0.1) is 6.92 Å². The molecule has 0 atom stereocenters. The Bertz CT molecular complexity index is 619. The molecule has 0 aliphatic carbocycles. The fraction of sp³-hybridized carbons (Fsp3) is 0.308. The maximum Gasteiger partial charge on any atom is 0.170 e. The van der Waals surface area contributed by atoms with Crippen molar-refractivity contribution in [2.45, 2.75) is 20.0 Å². The molecule has 20 heavy (non-hydrogen) atoms. The van der Waals surface area contributed by atoms with Gasteiger partial charge in [-0.2, -0.15) is 0 Å². The summed E-state index contributed by atoms with van der Waals surface area (Å²) < 4.78 is 1.88. The van der Waals surface area contributed by atoms with Gasteiger partial charge in [-0.25, -0.2) is 0 Å². The van der Waals surface area contributed by atoms with E-state index in [0.29, 0.717) is 12.1 Å². The van der Waals surface area contributed by atoms with Crippen molar-refractivity contribution in [1.82, 2.24) is 20.1 Å². The van der Waals surface area contributed by atoms with Crippen LogP contribution in [0.5, 0.6) is 0 Å². The van der Waals surface area contributed by atoms with Gasteiger partial charge >= 0.3 is 0 Å². The highest BCUT2D eigenvalue weighted by molar-refractivity contribution is 5.97. The number of hydrogen-bond donors (Lipinski definition) is 3. The Kier molecular flexibility index (Phi) is 4.31. The van der Waals surface area contributed by atoms with Crippen LogP contribution in [0.2, 0.25) is 0 Å². The molecule has 0 saturated carbocycles. The zero-order chi connectivity index (χ0) is 14.5. The van der Waals surface area contributed by atoms with Crippen LogP contribution in [0.4, 0.5) is 0 Å². The molecule has 0 spiro atoms. The van der Waals surface area contributed by atoms with E-state index in [0.717, 1.165) is 23.5 Å². The lowest BCUT2D eigenvalue weighted by atomic mass is 10.0. The van der Waals surface area contributed by atoms with Gasteiger partial charge in [-0.3, -0.25) is 0 Å². The summed E-state index contributed by atoms with van der Waals surface area (Å²) in [5.41, 5.74) is 8.51. The molecular weight excluding hydrogens is 256 g/mol. The Morgan fingerprint density at radius 3 is 2.85 bits per heavy atom. The first-order valence-corrected chi connectivity index (χ1v) is 6.23. The van der Waals surface area contributed by atoms with Crippen molar-refractivity contribution in [3.05, 3.63) is 47.0 Å². The van der Waals surface area contributed by atoms with Crippen LogP contribution in [0.25, 0.3) is 0 Å². The van der Waals surface area contributed by atoms with Crippen LogP contribution < -0.4 is 11.1 Å². The molecule has 7 nitrogen and oxygen atoms in total. The van der Waals surface area contributed by atoms with E-state index in [1.807, 2.05) is 36.7 Å². The van der Waals surface area contributed by atoms with Crippen LogP contribution in [0.1, 0.15) is 22.5 Å². The first kappa shape index (κ1) is 14.0. The fourth-order valence-electron chi connectivity index (χ4n) is 1.89. The summed E-state index contributed by atoms with van der Waals surface area (Å²) in [6.45, 7) is 3.36. The number of nitrogens with two attached hydrogens (primary N) is 1. The second kappa shape index (κ2) is 6.16. The van der Waals surface area contributed by atoms with Gasteiger partial charge in [0.1, 0.15) is 12.2 Å². The number of aromatic nitrogens is 3. The Labute approximate surface area is 117 Å². The third-order valence-corrected chi connectivity index (χ3v) is 3.15. The first-order valence-electron chi connectivity index (χ1n) is 6.23. The molecule has 4 N–H and O–H groups in total. The topological polar surface area (TPSA) is 101 Å². The van der Waals surface area contributed by atoms with Crippen molar-refractivity contribution >= 4 is 5.84 Å². The minimum Gasteiger partial charge on any atom is -0.409 e. The molecule has 2 rings (SSSR count). The standard InChI is InChI=1S/C13H18N6O/c1-9-5-10(13(14)18-20)3-4-11(9)6-15-7-12-17-16-8-19(12)2/h3-5,8,15,20H,6-7H2,1-2H3,(H2,14,18). The highest BCUT2D eigenvalue weighted by Gasteiger charge is 2.04. The molecule has 0 unspecified atom stereocenters. The van der Waals surface area contributed by atoms with E-state index in [1.165, 1.54) is 0 Å². The van der Waals surface area contributed by atoms with Crippen molar-refractivity contribution in [2.24, 2.45) is 17.9 Å². The third kappa shape index (κ3) is 3.12. The summed E-state index contributed by atoms with van der Waals surface area (Å²) in [7, 11) is 1.91. The average molecular weight is 274 g/mol. The summed E-state index contributed by atoms with van der Waals surface area (Å²) in [4.78, 5) is 0. The Balaban J connectivity index is 1.98. The molecule has 0 aliphatic heterocycles. The van der Waals surface area contributed by atoms with Crippen molar-refractivity contribution in [3.8, 4) is 0 Å². The molecule has 2 aromatic rings. The molecule has 0 amide bonds. The Morgan fingerprint density at radius 2 is 2.25 bits per heavy atom. The third-order valence-electron chi connectivity index (χ3n) is 3.15. The molecular formula is C13H18N6O. The quantitative estimate of drug-likeness (QED) is 0.319. The highest BCUT2D eigenvalue weighted by Crippen LogP contribution is 2.11. The van der Waals surface area contributed by atoms with E-state index in [9.17, 15) is 0 Å². The van der Waals surface area contributed by atoms with Gasteiger partial charge in [0.15, 0.2) is 5.84 Å². The lowest BCUT2D eigenvalue weighted by Gasteiger charge is -2.09. The van der Waals surface area contributed by atoms with Gasteiger partial charge in [0.05, 0.1) is 6.54 Å². The molecule has 1 heterocycles. The summed E-state index contributed by atoms with van der Waals surface area (Å²) in [5, 5.41) is 22.8. The van der Waals surface area contributed by atoms with Crippen LogP contribution in [0.3, 0.4) is 0 Å². The monoisotopic (exact) mass is 274 g/mol. The summed E-state index contributed by atoms with van der Waals surface area (Å²) in [6, 6.07) is 5.70. The summed E-state index contributed by atoms with van der Waals surface area (Å²) in [5.74, 6) is 1.00. The van der Waals surface area contributed by atoms with Gasteiger partial charge in [0, 0.05) is 19.2 Å². The maximum absolute atomic E-state index is 8.66. The number of hydrogen-bond acceptors (Lipinski definition) is 5. The van der Waals surface area contributed by atoms with Crippen LogP contribution in [0.15, 0.2) is 29.7 Å². The van der Waals surface area contributed by atoms with E-state index in [2.05, 4.69) is 20.7 Å². The maximum atomic E-state index is 8.66. The molecule has 106 valence electrons. The minimum atomic E-state index is 0.117. The number of benzene rings is 1. The van der Waals surface area contributed by atoms with Crippen LogP contribution >= 0.6 is 0 Å². The van der Waals surface area contributed by atoms with Crippen molar-refractivity contribution in [2.75, 3.05) is 0 Å². The summed E-state index contributed by atoms with van der Waals surface area (Å²) >= 11 is 0. The molecule has 0 radical (unpaired) electrons. The SMILES string of the molecule is Cc1cc(/C(N)=N/O)ccc1CNCc1nncn1C. The van der Waals surface area contributed by atoms with Crippen LogP contribution in [-0.4, -0.2) is 25.8 Å². The molecule has 1 aromatic carbocycles. The number of nitrogens with one attached hydrogen (secondary N) is 1. The molecule has 0 fully saturated rings. The fourth-order valence-corrected chi connectivity index (χ4v) is 1.89. The Morgan fingerprint density at radius 1 is 1.45 bits per heavy atom. The predicted octanol–water partition coefficient (Wildman–Crippen LogP) is 0.508. The normalized spacial score (nSPS) is 11.8. The number of nitrogens with zero attached hydrogens (tertiary/aromatic N) is 4. The van der Waals surface area contributed by atoms with Crippen molar-refractivity contribution in [3.63, 3.8) is 0 Å². The lowest BCUT2D eigenvalue weighted by Crippen LogP contribution is -2.17. The number of amidine groups is 1. The zero-order valence-electron chi connectivity index (χ0n) is 11.5. The van der Waals surface area contributed by atoms with Gasteiger partial charge in [-0.1, -0.05) is 17.3 Å². The van der Waals surface area contributed by atoms with Gasteiger partial charge < -0.3 is 20.8 Å². The van der Waals surface area contributed by atoms with Crippen molar-refractivity contribution in [1.29, 1.82) is 0 Å². The number of oxime groups is 1. The lowest BCUT2D eigenvalue weighted by molar-refractivity contribution is 0.318. The molecule has 1 aromatic heterocycles. The second-order valence-corrected chi connectivity index (χ2v) is 4.59. The molecule has 7 heteroatoms. The van der Waals surface area contributed by atoms with Gasteiger partial charge in [-0.05, 0) is 24.1 Å². The van der Waals surface area contributed by atoms with Gasteiger partial charge in [-0.15, -0.1) is 10.2 Å². The van der Waals surface area contributed by atoms with E-state index in [1.54, 1.807) is 6.33 Å². The van der Waals surface area contributed by atoms with Gasteiger partial charge in [0.2, 0.25) is 0 Å². The van der Waals surface area contributed by atoms with Gasteiger partial charge in [0.25, 0.3) is 0 Å². The first-order chi connectivity index (χ1) is 9.61.